The third-order valence-corrected chi connectivity index (χ3v) is 3.36. The number of carbonyl (C=O) groups is 1. The normalized spacial score (nSPS) is 15.1. The summed E-state index contributed by atoms with van der Waals surface area (Å²) in [6, 6.07) is 5.45. The van der Waals surface area contributed by atoms with Gasteiger partial charge in [0, 0.05) is 6.04 Å². The number of hydrogen-bond donors (Lipinski definition) is 2. The molecule has 1 aliphatic rings. The Kier molecular flexibility index (Phi) is 4.49. The minimum atomic E-state index is -0.213. The van der Waals surface area contributed by atoms with Crippen molar-refractivity contribution in [2.75, 3.05) is 19.5 Å². The molecule has 1 fully saturated rings. The smallest absolute Gasteiger partial charge is 0.319 e. The molecular weight excluding hydrogens is 244 g/mol. The van der Waals surface area contributed by atoms with Crippen molar-refractivity contribution in [3.8, 4) is 11.5 Å². The summed E-state index contributed by atoms with van der Waals surface area (Å²) in [5.41, 5.74) is 0.558. The Labute approximate surface area is 113 Å². The number of methoxy groups -OCH3 is 2. The van der Waals surface area contributed by atoms with Gasteiger partial charge in [0.15, 0.2) is 0 Å². The highest BCUT2D eigenvalue weighted by Gasteiger charge is 2.19. The van der Waals surface area contributed by atoms with Crippen LogP contribution < -0.4 is 20.1 Å². The van der Waals surface area contributed by atoms with Gasteiger partial charge in [-0.3, -0.25) is 0 Å². The van der Waals surface area contributed by atoms with Crippen molar-refractivity contribution in [2.45, 2.75) is 31.7 Å². The molecule has 1 saturated carbocycles. The molecule has 0 aliphatic heterocycles. The standard InChI is InChI=1S/C14H20N2O3/c1-18-11-8-5-9-12(19-2)13(11)16-14(17)15-10-6-3-4-7-10/h5,8-10H,3-4,6-7H2,1-2H3,(H2,15,16,17). The second-order valence-electron chi connectivity index (χ2n) is 4.62. The van der Waals surface area contributed by atoms with E-state index in [4.69, 9.17) is 9.47 Å². The zero-order valence-corrected chi connectivity index (χ0v) is 11.4. The molecule has 2 N–H and O–H groups in total. The van der Waals surface area contributed by atoms with E-state index in [1.165, 1.54) is 12.8 Å². The number of carbonyl (C=O) groups excluding carboxylic acids is 1. The summed E-state index contributed by atoms with van der Waals surface area (Å²) in [6.45, 7) is 0. The summed E-state index contributed by atoms with van der Waals surface area (Å²) in [4.78, 5) is 12.0. The number of nitrogens with one attached hydrogen (secondary N) is 2. The maximum atomic E-state index is 12.0. The summed E-state index contributed by atoms with van der Waals surface area (Å²) < 4.78 is 10.5. The molecule has 0 unspecified atom stereocenters. The first-order valence-electron chi connectivity index (χ1n) is 6.53. The van der Waals surface area contributed by atoms with Crippen LogP contribution in [0.4, 0.5) is 10.5 Å². The first-order chi connectivity index (χ1) is 9.24. The number of amides is 2. The largest absolute Gasteiger partial charge is 0.494 e. The molecule has 5 heteroatoms. The highest BCUT2D eigenvalue weighted by Crippen LogP contribution is 2.34. The van der Waals surface area contributed by atoms with Crippen LogP contribution in [0.25, 0.3) is 0 Å². The number of ether oxygens (including phenoxy) is 2. The van der Waals surface area contributed by atoms with Crippen molar-refractivity contribution in [3.63, 3.8) is 0 Å². The first kappa shape index (κ1) is 13.5. The number of hydrogen-bond acceptors (Lipinski definition) is 3. The van der Waals surface area contributed by atoms with Gasteiger partial charge in [-0.25, -0.2) is 4.79 Å². The van der Waals surface area contributed by atoms with Gasteiger partial charge in [-0.2, -0.15) is 0 Å². The van der Waals surface area contributed by atoms with Gasteiger partial charge in [0.2, 0.25) is 0 Å². The van der Waals surface area contributed by atoms with Crippen LogP contribution >= 0.6 is 0 Å². The zero-order chi connectivity index (χ0) is 13.7. The summed E-state index contributed by atoms with van der Waals surface area (Å²) >= 11 is 0. The average molecular weight is 264 g/mol. The first-order valence-corrected chi connectivity index (χ1v) is 6.53. The van der Waals surface area contributed by atoms with E-state index in [1.54, 1.807) is 26.4 Å². The molecule has 0 atom stereocenters. The molecule has 2 rings (SSSR count). The maximum absolute atomic E-state index is 12.0. The molecule has 0 spiro atoms. The molecule has 0 radical (unpaired) electrons. The van der Waals surface area contributed by atoms with Crippen molar-refractivity contribution >= 4 is 11.7 Å². The monoisotopic (exact) mass is 264 g/mol. The van der Waals surface area contributed by atoms with Crippen LogP contribution in [0.2, 0.25) is 0 Å². The van der Waals surface area contributed by atoms with Crippen molar-refractivity contribution < 1.29 is 14.3 Å². The molecule has 5 nitrogen and oxygen atoms in total. The fraction of sp³-hybridized carbons (Fsp3) is 0.500. The third-order valence-electron chi connectivity index (χ3n) is 3.36. The molecule has 0 heterocycles. The number of urea groups is 1. The van der Waals surface area contributed by atoms with Crippen LogP contribution in [-0.2, 0) is 0 Å². The van der Waals surface area contributed by atoms with Crippen LogP contribution in [0.15, 0.2) is 18.2 Å². The maximum Gasteiger partial charge on any atom is 0.319 e. The van der Waals surface area contributed by atoms with Gasteiger partial charge in [-0.1, -0.05) is 18.9 Å². The Hall–Kier alpha value is -1.91. The van der Waals surface area contributed by atoms with Gasteiger partial charge in [-0.05, 0) is 25.0 Å². The quantitative estimate of drug-likeness (QED) is 0.879. The summed E-state index contributed by atoms with van der Waals surface area (Å²) in [6.07, 6.45) is 4.47. The van der Waals surface area contributed by atoms with Crippen molar-refractivity contribution in [2.24, 2.45) is 0 Å². The second kappa shape index (κ2) is 6.31. The van der Waals surface area contributed by atoms with E-state index < -0.39 is 0 Å². The Morgan fingerprint density at radius 3 is 2.26 bits per heavy atom. The minimum absolute atomic E-state index is 0.213. The molecular formula is C14H20N2O3. The summed E-state index contributed by atoms with van der Waals surface area (Å²) in [5.74, 6) is 1.17. The predicted molar refractivity (Wildman–Crippen MR) is 74.0 cm³/mol. The molecule has 0 aromatic heterocycles. The second-order valence-corrected chi connectivity index (χ2v) is 4.62. The average Bonchev–Trinajstić information content (AvgIpc) is 2.91. The number of rotatable bonds is 4. The van der Waals surface area contributed by atoms with E-state index in [9.17, 15) is 4.79 Å². The summed E-state index contributed by atoms with van der Waals surface area (Å²) in [7, 11) is 3.13. The van der Waals surface area contributed by atoms with E-state index in [2.05, 4.69) is 10.6 Å². The fourth-order valence-electron chi connectivity index (χ4n) is 2.38. The molecule has 1 aromatic rings. The highest BCUT2D eigenvalue weighted by atomic mass is 16.5. The molecule has 1 aromatic carbocycles. The number of benzene rings is 1. The van der Waals surface area contributed by atoms with Gasteiger partial charge in [0.1, 0.15) is 17.2 Å². The molecule has 0 bridgehead atoms. The molecule has 1 aliphatic carbocycles. The molecule has 0 saturated heterocycles. The van der Waals surface area contributed by atoms with Crippen LogP contribution in [0.3, 0.4) is 0 Å². The molecule has 2 amide bonds. The Morgan fingerprint density at radius 1 is 1.16 bits per heavy atom. The van der Waals surface area contributed by atoms with E-state index in [0.717, 1.165) is 12.8 Å². The lowest BCUT2D eigenvalue weighted by Crippen LogP contribution is -2.36. The SMILES string of the molecule is COc1cccc(OC)c1NC(=O)NC1CCCC1. The topological polar surface area (TPSA) is 59.6 Å². The van der Waals surface area contributed by atoms with Crippen molar-refractivity contribution in [1.82, 2.24) is 5.32 Å². The summed E-state index contributed by atoms with van der Waals surface area (Å²) in [5, 5.41) is 5.78. The lowest BCUT2D eigenvalue weighted by molar-refractivity contribution is 0.248. The van der Waals surface area contributed by atoms with Crippen LogP contribution in [-0.4, -0.2) is 26.3 Å². The minimum Gasteiger partial charge on any atom is -0.494 e. The molecule has 104 valence electrons. The van der Waals surface area contributed by atoms with Gasteiger partial charge in [0.05, 0.1) is 14.2 Å². The third kappa shape index (κ3) is 3.30. The van der Waals surface area contributed by atoms with Crippen LogP contribution in [0.5, 0.6) is 11.5 Å². The number of anilines is 1. The van der Waals surface area contributed by atoms with E-state index >= 15 is 0 Å². The van der Waals surface area contributed by atoms with Gasteiger partial charge in [0.25, 0.3) is 0 Å². The molecule has 19 heavy (non-hydrogen) atoms. The van der Waals surface area contributed by atoms with Crippen LogP contribution in [0, 0.1) is 0 Å². The van der Waals surface area contributed by atoms with E-state index in [1.807, 2.05) is 6.07 Å². The Morgan fingerprint density at radius 2 is 1.74 bits per heavy atom. The van der Waals surface area contributed by atoms with Gasteiger partial charge < -0.3 is 20.1 Å². The lowest BCUT2D eigenvalue weighted by atomic mass is 10.2. The Balaban J connectivity index is 2.06. The van der Waals surface area contributed by atoms with E-state index in [-0.39, 0.29) is 12.1 Å². The predicted octanol–water partition coefficient (Wildman–Crippen LogP) is 2.77. The number of para-hydroxylation sites is 1. The van der Waals surface area contributed by atoms with Gasteiger partial charge in [-0.15, -0.1) is 0 Å². The van der Waals surface area contributed by atoms with Crippen molar-refractivity contribution in [1.29, 1.82) is 0 Å². The zero-order valence-electron chi connectivity index (χ0n) is 11.4. The van der Waals surface area contributed by atoms with Crippen LogP contribution in [0.1, 0.15) is 25.7 Å². The fourth-order valence-corrected chi connectivity index (χ4v) is 2.38. The van der Waals surface area contributed by atoms with Crippen molar-refractivity contribution in [3.05, 3.63) is 18.2 Å². The lowest BCUT2D eigenvalue weighted by Gasteiger charge is -2.16. The Bertz CT molecular complexity index is 420. The highest BCUT2D eigenvalue weighted by molar-refractivity contribution is 5.93. The van der Waals surface area contributed by atoms with E-state index in [0.29, 0.717) is 17.2 Å². The van der Waals surface area contributed by atoms with Gasteiger partial charge >= 0.3 is 6.03 Å².